The smallest absolute Gasteiger partial charge is 0.310 e. The van der Waals surface area contributed by atoms with E-state index in [1.165, 1.54) is 0 Å². The van der Waals surface area contributed by atoms with E-state index in [1.54, 1.807) is 0 Å². The van der Waals surface area contributed by atoms with Gasteiger partial charge in [0.15, 0.2) is 5.78 Å². The lowest BCUT2D eigenvalue weighted by Crippen LogP contribution is -2.24. The summed E-state index contributed by atoms with van der Waals surface area (Å²) >= 11 is 0. The van der Waals surface area contributed by atoms with Crippen molar-refractivity contribution in [2.75, 3.05) is 0 Å². The largest absolute Gasteiger partial charge is 0.460 e. The van der Waals surface area contributed by atoms with Crippen molar-refractivity contribution in [3.05, 3.63) is 23.3 Å². The molecule has 0 radical (unpaired) electrons. The molecule has 0 saturated carbocycles. The topological polar surface area (TPSA) is 43.4 Å². The zero-order chi connectivity index (χ0) is 13.8. The van der Waals surface area contributed by atoms with E-state index < -0.39 is 5.60 Å². The highest BCUT2D eigenvalue weighted by Gasteiger charge is 2.20. The maximum absolute atomic E-state index is 11.8. The molecule has 0 atom stereocenters. The van der Waals surface area contributed by atoms with E-state index in [0.717, 1.165) is 24.0 Å². The predicted molar refractivity (Wildman–Crippen MR) is 71.2 cm³/mol. The van der Waals surface area contributed by atoms with Gasteiger partial charge in [0.1, 0.15) is 5.60 Å². The molecule has 0 fully saturated rings. The minimum atomic E-state index is -0.473. The average Bonchev–Trinajstić information content (AvgIpc) is 2.19. The van der Waals surface area contributed by atoms with Crippen LogP contribution < -0.4 is 0 Å². The summed E-state index contributed by atoms with van der Waals surface area (Å²) in [6.07, 6.45) is 6.07. The molecule has 0 amide bonds. The first-order valence-electron chi connectivity index (χ1n) is 6.45. The Bertz CT molecular complexity index is 394. The first kappa shape index (κ1) is 14.7. The fourth-order valence-corrected chi connectivity index (χ4v) is 1.87. The minimum Gasteiger partial charge on any atom is -0.460 e. The highest BCUT2D eigenvalue weighted by Crippen LogP contribution is 2.22. The van der Waals surface area contributed by atoms with Gasteiger partial charge in [0.25, 0.3) is 0 Å². The fraction of sp³-hybridized carbons (Fsp3) is 0.600. The molecular weight excluding hydrogens is 228 g/mol. The average molecular weight is 250 g/mol. The summed E-state index contributed by atoms with van der Waals surface area (Å²) in [4.78, 5) is 23.4. The van der Waals surface area contributed by atoms with Crippen molar-refractivity contribution >= 4 is 11.8 Å². The van der Waals surface area contributed by atoms with Crippen LogP contribution in [-0.2, 0) is 14.3 Å². The lowest BCUT2D eigenvalue weighted by atomic mass is 9.93. The zero-order valence-electron chi connectivity index (χ0n) is 11.7. The Labute approximate surface area is 109 Å². The Kier molecular flexibility index (Phi) is 4.88. The molecule has 18 heavy (non-hydrogen) atoms. The highest BCUT2D eigenvalue weighted by molar-refractivity contribution is 5.99. The van der Waals surface area contributed by atoms with Crippen LogP contribution in [0.25, 0.3) is 0 Å². The molecule has 0 spiro atoms. The summed E-state index contributed by atoms with van der Waals surface area (Å²) in [5.74, 6) is -0.133. The quantitative estimate of drug-likeness (QED) is 0.719. The Balaban J connectivity index is 2.60. The van der Waals surface area contributed by atoms with Crippen LogP contribution in [0.1, 0.15) is 53.4 Å². The van der Waals surface area contributed by atoms with E-state index in [1.807, 2.05) is 39.8 Å². The third-order valence-electron chi connectivity index (χ3n) is 2.58. The number of esters is 1. The van der Waals surface area contributed by atoms with Crippen molar-refractivity contribution in [1.82, 2.24) is 0 Å². The molecule has 100 valence electrons. The number of carbonyl (C=O) groups excluding carboxylic acids is 2. The number of carbonyl (C=O) groups is 2. The van der Waals surface area contributed by atoms with Gasteiger partial charge in [-0.15, -0.1) is 0 Å². The lowest BCUT2D eigenvalue weighted by Gasteiger charge is -2.20. The Hall–Kier alpha value is -1.38. The second-order valence-corrected chi connectivity index (χ2v) is 5.63. The standard InChI is InChI=1S/C15H22O3/c1-5-6-12-8-7-11(9-13(12)16)10-14(17)18-15(2,3)4/h7-8H,5-6,9-10H2,1-4H3. The monoisotopic (exact) mass is 250 g/mol. The van der Waals surface area contributed by atoms with E-state index in [-0.39, 0.29) is 18.2 Å². The molecule has 0 N–H and O–H groups in total. The third kappa shape index (κ3) is 4.86. The Morgan fingerprint density at radius 1 is 1.33 bits per heavy atom. The summed E-state index contributed by atoms with van der Waals surface area (Å²) in [6.45, 7) is 7.56. The van der Waals surface area contributed by atoms with Gasteiger partial charge in [-0.3, -0.25) is 9.59 Å². The first-order valence-corrected chi connectivity index (χ1v) is 6.45. The number of ether oxygens (including phenoxy) is 1. The summed E-state index contributed by atoms with van der Waals surface area (Å²) in [5.41, 5.74) is 1.24. The van der Waals surface area contributed by atoms with Gasteiger partial charge in [0, 0.05) is 6.42 Å². The number of ketones is 1. The molecule has 0 aliphatic heterocycles. The third-order valence-corrected chi connectivity index (χ3v) is 2.58. The van der Waals surface area contributed by atoms with Crippen LogP contribution in [0.15, 0.2) is 23.3 Å². The summed E-state index contributed by atoms with van der Waals surface area (Å²) < 4.78 is 5.24. The molecule has 0 aromatic heterocycles. The van der Waals surface area contributed by atoms with E-state index >= 15 is 0 Å². The van der Waals surface area contributed by atoms with Crippen molar-refractivity contribution in [2.45, 2.75) is 59.0 Å². The summed E-state index contributed by atoms with van der Waals surface area (Å²) in [7, 11) is 0. The van der Waals surface area contributed by atoms with Gasteiger partial charge in [-0.1, -0.05) is 31.1 Å². The van der Waals surface area contributed by atoms with E-state index in [9.17, 15) is 9.59 Å². The van der Waals surface area contributed by atoms with Gasteiger partial charge in [-0.05, 0) is 32.8 Å². The van der Waals surface area contributed by atoms with E-state index in [2.05, 4.69) is 0 Å². The maximum atomic E-state index is 11.8. The van der Waals surface area contributed by atoms with Crippen molar-refractivity contribution in [3.63, 3.8) is 0 Å². The molecule has 0 aromatic rings. The van der Waals surface area contributed by atoms with Gasteiger partial charge in [0.2, 0.25) is 0 Å². The summed E-state index contributed by atoms with van der Waals surface area (Å²) in [6, 6.07) is 0. The maximum Gasteiger partial charge on any atom is 0.310 e. The second-order valence-electron chi connectivity index (χ2n) is 5.63. The van der Waals surface area contributed by atoms with Gasteiger partial charge in [-0.2, -0.15) is 0 Å². The first-order chi connectivity index (χ1) is 8.31. The molecule has 0 heterocycles. The minimum absolute atomic E-state index is 0.137. The van der Waals surface area contributed by atoms with Gasteiger partial charge < -0.3 is 4.74 Å². The molecule has 0 bridgehead atoms. The Morgan fingerprint density at radius 3 is 2.50 bits per heavy atom. The lowest BCUT2D eigenvalue weighted by molar-refractivity contribution is -0.153. The van der Waals surface area contributed by atoms with Crippen LogP contribution in [0.5, 0.6) is 0 Å². The van der Waals surface area contributed by atoms with Crippen molar-refractivity contribution in [1.29, 1.82) is 0 Å². The summed E-state index contributed by atoms with van der Waals surface area (Å²) in [5, 5.41) is 0. The van der Waals surface area contributed by atoms with Crippen LogP contribution in [0.4, 0.5) is 0 Å². The molecule has 0 saturated heterocycles. The van der Waals surface area contributed by atoms with Crippen LogP contribution in [0.2, 0.25) is 0 Å². The Morgan fingerprint density at radius 2 is 2.00 bits per heavy atom. The highest BCUT2D eigenvalue weighted by atomic mass is 16.6. The predicted octanol–water partition coefficient (Wildman–Crippen LogP) is 3.34. The number of allylic oxidation sites excluding steroid dienone is 3. The molecule has 1 aliphatic carbocycles. The van der Waals surface area contributed by atoms with Gasteiger partial charge >= 0.3 is 5.97 Å². The van der Waals surface area contributed by atoms with Crippen LogP contribution in [0.3, 0.4) is 0 Å². The van der Waals surface area contributed by atoms with Crippen LogP contribution in [-0.4, -0.2) is 17.4 Å². The van der Waals surface area contributed by atoms with Gasteiger partial charge in [-0.25, -0.2) is 0 Å². The van der Waals surface area contributed by atoms with Gasteiger partial charge in [0.05, 0.1) is 6.42 Å². The van der Waals surface area contributed by atoms with Crippen molar-refractivity contribution < 1.29 is 14.3 Å². The molecule has 1 aliphatic rings. The van der Waals surface area contributed by atoms with E-state index in [4.69, 9.17) is 4.74 Å². The fourth-order valence-electron chi connectivity index (χ4n) is 1.87. The van der Waals surface area contributed by atoms with E-state index in [0.29, 0.717) is 6.42 Å². The van der Waals surface area contributed by atoms with Crippen molar-refractivity contribution in [2.24, 2.45) is 0 Å². The van der Waals surface area contributed by atoms with Crippen LogP contribution >= 0.6 is 0 Å². The molecule has 1 rings (SSSR count). The number of hydrogen-bond acceptors (Lipinski definition) is 3. The van der Waals surface area contributed by atoms with Crippen molar-refractivity contribution in [3.8, 4) is 0 Å². The number of rotatable bonds is 4. The molecule has 3 heteroatoms. The molecule has 3 nitrogen and oxygen atoms in total. The molecular formula is C15H22O3. The molecule has 0 unspecified atom stereocenters. The number of hydrogen-bond donors (Lipinski definition) is 0. The second kappa shape index (κ2) is 5.98. The SMILES string of the molecule is CCCC1=CC=C(CC(=O)OC(C)(C)C)CC1=O. The number of Topliss-reactive ketones (excluding diaryl/α,β-unsaturated/α-hetero) is 1. The normalized spacial score (nSPS) is 16.1. The molecule has 0 aromatic carbocycles. The van der Waals surface area contributed by atoms with Crippen LogP contribution in [0, 0.1) is 0 Å². The zero-order valence-corrected chi connectivity index (χ0v) is 11.7.